The molecule has 3 atom stereocenters. The van der Waals surface area contributed by atoms with Crippen LogP contribution < -0.4 is 5.73 Å². The lowest BCUT2D eigenvalue weighted by Gasteiger charge is -2.40. The molecule has 0 bridgehead atoms. The fourth-order valence-corrected chi connectivity index (χ4v) is 2.92. The van der Waals surface area contributed by atoms with Crippen LogP contribution in [0.15, 0.2) is 0 Å². The monoisotopic (exact) mass is 270 g/mol. The van der Waals surface area contributed by atoms with E-state index in [0.29, 0.717) is 31.9 Å². The van der Waals surface area contributed by atoms with Gasteiger partial charge in [0.1, 0.15) is 11.6 Å². The fraction of sp³-hybridized carbons (Fsp3) is 0.846. The van der Waals surface area contributed by atoms with Gasteiger partial charge in [0.2, 0.25) is 5.91 Å². The van der Waals surface area contributed by atoms with Crippen LogP contribution in [0.4, 0.5) is 0 Å². The number of carbonyl (C=O) groups is 2. The Hall–Kier alpha value is -1.14. The Balaban J connectivity index is 2.13. The maximum absolute atomic E-state index is 12.5. The van der Waals surface area contributed by atoms with E-state index in [4.69, 9.17) is 10.5 Å². The Morgan fingerprint density at radius 2 is 2.26 bits per heavy atom. The average molecular weight is 270 g/mol. The van der Waals surface area contributed by atoms with E-state index in [0.717, 1.165) is 12.8 Å². The van der Waals surface area contributed by atoms with Crippen LogP contribution in [0.1, 0.15) is 32.6 Å². The van der Waals surface area contributed by atoms with E-state index in [2.05, 4.69) is 6.92 Å². The number of carbonyl (C=O) groups excluding carboxylic acids is 1. The molecule has 0 aromatic carbocycles. The highest BCUT2D eigenvalue weighted by Crippen LogP contribution is 2.29. The zero-order valence-corrected chi connectivity index (χ0v) is 11.3. The molecule has 0 aromatic heterocycles. The number of nitrogens with zero attached hydrogens (tertiary/aromatic N) is 1. The largest absolute Gasteiger partial charge is 0.480 e. The van der Waals surface area contributed by atoms with Gasteiger partial charge < -0.3 is 20.5 Å². The zero-order chi connectivity index (χ0) is 14.0. The van der Waals surface area contributed by atoms with Crippen molar-refractivity contribution in [2.45, 2.75) is 44.2 Å². The van der Waals surface area contributed by atoms with E-state index in [9.17, 15) is 14.7 Å². The first-order valence-corrected chi connectivity index (χ1v) is 6.88. The molecule has 2 aliphatic heterocycles. The van der Waals surface area contributed by atoms with Gasteiger partial charge in [0.15, 0.2) is 0 Å². The summed E-state index contributed by atoms with van der Waals surface area (Å²) in [5.41, 5.74) is 5.02. The third-order valence-corrected chi connectivity index (χ3v) is 4.31. The highest BCUT2D eigenvalue weighted by atomic mass is 16.5. The van der Waals surface area contributed by atoms with Crippen LogP contribution in [-0.2, 0) is 14.3 Å². The van der Waals surface area contributed by atoms with Crippen molar-refractivity contribution in [2.24, 2.45) is 11.7 Å². The molecule has 19 heavy (non-hydrogen) atoms. The third kappa shape index (κ3) is 2.74. The molecular formula is C13H22N2O4. The minimum absolute atomic E-state index is 0.186. The van der Waals surface area contributed by atoms with Crippen LogP contribution >= 0.6 is 0 Å². The summed E-state index contributed by atoms with van der Waals surface area (Å²) in [6, 6.07) is -0.743. The number of nitrogens with two attached hydrogens (primary N) is 1. The van der Waals surface area contributed by atoms with Crippen LogP contribution in [-0.4, -0.2) is 53.2 Å². The minimum Gasteiger partial charge on any atom is -0.480 e. The molecule has 0 radical (unpaired) electrons. The second kappa shape index (κ2) is 5.46. The molecule has 2 heterocycles. The van der Waals surface area contributed by atoms with Gasteiger partial charge in [-0.2, -0.15) is 0 Å². The highest BCUT2D eigenvalue weighted by Gasteiger charge is 2.45. The summed E-state index contributed by atoms with van der Waals surface area (Å²) in [6.07, 6.45) is 2.78. The number of rotatable bonds is 3. The van der Waals surface area contributed by atoms with Gasteiger partial charge in [-0.3, -0.25) is 4.79 Å². The van der Waals surface area contributed by atoms with Gasteiger partial charge in [0.05, 0.1) is 6.61 Å². The number of carboxylic acid groups (broad SMARTS) is 1. The predicted molar refractivity (Wildman–Crippen MR) is 68.5 cm³/mol. The Morgan fingerprint density at radius 1 is 1.53 bits per heavy atom. The lowest BCUT2D eigenvalue weighted by Crippen LogP contribution is -2.61. The van der Waals surface area contributed by atoms with Crippen molar-refractivity contribution in [1.82, 2.24) is 4.90 Å². The van der Waals surface area contributed by atoms with E-state index in [1.54, 1.807) is 0 Å². The number of amides is 1. The first-order valence-electron chi connectivity index (χ1n) is 6.88. The van der Waals surface area contributed by atoms with Crippen molar-refractivity contribution in [1.29, 1.82) is 0 Å². The lowest BCUT2D eigenvalue weighted by atomic mass is 9.87. The van der Waals surface area contributed by atoms with Gasteiger partial charge in [-0.15, -0.1) is 0 Å². The summed E-state index contributed by atoms with van der Waals surface area (Å²) in [7, 11) is 0. The van der Waals surface area contributed by atoms with E-state index >= 15 is 0 Å². The second-order valence-corrected chi connectivity index (χ2v) is 5.61. The van der Waals surface area contributed by atoms with Crippen LogP contribution in [0.5, 0.6) is 0 Å². The molecule has 0 spiro atoms. The van der Waals surface area contributed by atoms with Crippen molar-refractivity contribution in [3.63, 3.8) is 0 Å². The second-order valence-electron chi connectivity index (χ2n) is 5.61. The molecule has 108 valence electrons. The van der Waals surface area contributed by atoms with E-state index < -0.39 is 17.6 Å². The van der Waals surface area contributed by atoms with E-state index in [1.807, 2.05) is 0 Å². The zero-order valence-electron chi connectivity index (χ0n) is 11.3. The smallest absolute Gasteiger partial charge is 0.326 e. The van der Waals surface area contributed by atoms with Gasteiger partial charge >= 0.3 is 5.97 Å². The maximum Gasteiger partial charge on any atom is 0.326 e. The van der Waals surface area contributed by atoms with Crippen molar-refractivity contribution in [2.75, 3.05) is 19.8 Å². The molecule has 3 unspecified atom stereocenters. The summed E-state index contributed by atoms with van der Waals surface area (Å²) in [6.45, 7) is 3.18. The van der Waals surface area contributed by atoms with Crippen LogP contribution in [0.3, 0.4) is 0 Å². The molecule has 6 nitrogen and oxygen atoms in total. The van der Waals surface area contributed by atoms with Gasteiger partial charge in [-0.25, -0.2) is 4.79 Å². The molecule has 0 aromatic rings. The molecule has 2 aliphatic rings. The molecule has 6 heteroatoms. The third-order valence-electron chi connectivity index (χ3n) is 4.31. The van der Waals surface area contributed by atoms with Gasteiger partial charge in [-0.1, -0.05) is 13.3 Å². The fourth-order valence-electron chi connectivity index (χ4n) is 2.92. The maximum atomic E-state index is 12.5. The number of hydrogen-bond acceptors (Lipinski definition) is 4. The molecule has 0 saturated carbocycles. The van der Waals surface area contributed by atoms with Crippen LogP contribution in [0, 0.1) is 5.92 Å². The average Bonchev–Trinajstić information content (AvgIpc) is 2.85. The van der Waals surface area contributed by atoms with Gasteiger partial charge in [0.25, 0.3) is 0 Å². The summed E-state index contributed by atoms with van der Waals surface area (Å²) in [5.74, 6) is -0.834. The number of likely N-dealkylation sites (tertiary alicyclic amines) is 1. The molecule has 2 rings (SSSR count). The predicted octanol–water partition coefficient (Wildman–Crippen LogP) is 0.206. The molecule has 2 fully saturated rings. The standard InChI is InChI=1S/C13H22N2O4/c1-2-9-3-5-15(10(7-9)11(16)17)12(18)13(14)4-6-19-8-13/h9-10H,2-8,14H2,1H3,(H,16,17). The Kier molecular flexibility index (Phi) is 4.10. The number of piperidine rings is 1. The quantitative estimate of drug-likeness (QED) is 0.764. The summed E-state index contributed by atoms with van der Waals surface area (Å²) >= 11 is 0. The Morgan fingerprint density at radius 3 is 2.79 bits per heavy atom. The lowest BCUT2D eigenvalue weighted by molar-refractivity contribution is -0.155. The van der Waals surface area contributed by atoms with Crippen molar-refractivity contribution in [3.05, 3.63) is 0 Å². The summed E-state index contributed by atoms with van der Waals surface area (Å²) in [4.78, 5) is 25.3. The Labute approximate surface area is 112 Å². The first kappa shape index (κ1) is 14.3. The van der Waals surface area contributed by atoms with Crippen molar-refractivity contribution >= 4 is 11.9 Å². The van der Waals surface area contributed by atoms with Gasteiger partial charge in [0, 0.05) is 13.2 Å². The van der Waals surface area contributed by atoms with E-state index in [1.165, 1.54) is 4.90 Å². The minimum atomic E-state index is -1.03. The van der Waals surface area contributed by atoms with E-state index in [-0.39, 0.29) is 12.5 Å². The SMILES string of the molecule is CCC1CCN(C(=O)C2(N)CCOC2)C(C(=O)O)C1. The van der Waals surface area contributed by atoms with Crippen LogP contribution in [0.2, 0.25) is 0 Å². The topological polar surface area (TPSA) is 92.9 Å². The molecule has 0 aliphatic carbocycles. The first-order chi connectivity index (χ1) is 8.98. The normalized spacial score (nSPS) is 35.4. The summed E-state index contributed by atoms with van der Waals surface area (Å²) < 4.78 is 5.19. The molecule has 2 saturated heterocycles. The number of ether oxygens (including phenoxy) is 1. The van der Waals surface area contributed by atoms with Crippen molar-refractivity contribution < 1.29 is 19.4 Å². The number of aliphatic carboxylic acids is 1. The highest BCUT2D eigenvalue weighted by molar-refractivity contribution is 5.90. The van der Waals surface area contributed by atoms with Crippen LogP contribution in [0.25, 0.3) is 0 Å². The summed E-state index contributed by atoms with van der Waals surface area (Å²) in [5, 5.41) is 9.33. The van der Waals surface area contributed by atoms with Crippen molar-refractivity contribution in [3.8, 4) is 0 Å². The molecular weight excluding hydrogens is 248 g/mol. The molecule has 1 amide bonds. The number of carboxylic acids is 1. The Bertz CT molecular complexity index is 366. The molecule has 3 N–H and O–H groups in total. The number of hydrogen-bond donors (Lipinski definition) is 2. The van der Waals surface area contributed by atoms with Gasteiger partial charge in [-0.05, 0) is 25.2 Å².